The number of nitrogens with two attached hydrogens (primary N) is 1. The standard InChI is InChI=1S/C18H37NO2/c1-3-5-7-9-13-17(12-6-4-2)16-21-15-11-8-10-14-18(19)20/h17H,3-16H2,1-2H3,(H2,19,20). The van der Waals surface area contributed by atoms with Crippen LogP contribution >= 0.6 is 0 Å². The van der Waals surface area contributed by atoms with Crippen molar-refractivity contribution < 1.29 is 9.53 Å². The Balaban J connectivity index is 3.57. The van der Waals surface area contributed by atoms with Crippen LogP contribution in [0.5, 0.6) is 0 Å². The van der Waals surface area contributed by atoms with Crippen molar-refractivity contribution in [2.24, 2.45) is 11.7 Å². The third kappa shape index (κ3) is 15.6. The van der Waals surface area contributed by atoms with Crippen LogP contribution in [0.4, 0.5) is 0 Å². The molecule has 0 aromatic carbocycles. The molecule has 126 valence electrons. The molecule has 0 aliphatic heterocycles. The minimum atomic E-state index is -0.192. The van der Waals surface area contributed by atoms with E-state index in [0.29, 0.717) is 6.42 Å². The molecule has 0 rings (SSSR count). The van der Waals surface area contributed by atoms with Crippen LogP contribution in [-0.2, 0) is 9.53 Å². The van der Waals surface area contributed by atoms with E-state index in [-0.39, 0.29) is 5.91 Å². The Morgan fingerprint density at radius 1 is 0.905 bits per heavy atom. The first kappa shape index (κ1) is 20.4. The van der Waals surface area contributed by atoms with Gasteiger partial charge in [-0.05, 0) is 31.6 Å². The van der Waals surface area contributed by atoms with Gasteiger partial charge in [0, 0.05) is 19.6 Å². The fourth-order valence-corrected chi connectivity index (χ4v) is 2.59. The second-order valence-electron chi connectivity index (χ2n) is 6.21. The molecule has 21 heavy (non-hydrogen) atoms. The van der Waals surface area contributed by atoms with Crippen LogP contribution in [0, 0.1) is 5.92 Å². The smallest absolute Gasteiger partial charge is 0.217 e. The molecule has 0 aromatic heterocycles. The van der Waals surface area contributed by atoms with Crippen molar-refractivity contribution in [1.29, 1.82) is 0 Å². The maximum Gasteiger partial charge on any atom is 0.217 e. The molecule has 0 aliphatic carbocycles. The summed E-state index contributed by atoms with van der Waals surface area (Å²) >= 11 is 0. The van der Waals surface area contributed by atoms with Crippen molar-refractivity contribution >= 4 is 5.91 Å². The van der Waals surface area contributed by atoms with E-state index in [0.717, 1.165) is 38.4 Å². The van der Waals surface area contributed by atoms with Gasteiger partial charge in [0.05, 0.1) is 0 Å². The lowest BCUT2D eigenvalue weighted by Crippen LogP contribution is -2.11. The number of amides is 1. The van der Waals surface area contributed by atoms with Crippen LogP contribution in [0.2, 0.25) is 0 Å². The topological polar surface area (TPSA) is 52.3 Å². The van der Waals surface area contributed by atoms with Crippen LogP contribution in [-0.4, -0.2) is 19.1 Å². The quantitative estimate of drug-likeness (QED) is 0.415. The molecule has 2 N–H and O–H groups in total. The van der Waals surface area contributed by atoms with Gasteiger partial charge < -0.3 is 10.5 Å². The van der Waals surface area contributed by atoms with Crippen LogP contribution in [0.3, 0.4) is 0 Å². The number of carbonyl (C=O) groups is 1. The molecule has 0 saturated carbocycles. The Labute approximate surface area is 132 Å². The summed E-state index contributed by atoms with van der Waals surface area (Å²) in [7, 11) is 0. The normalized spacial score (nSPS) is 12.5. The zero-order chi connectivity index (χ0) is 15.8. The van der Waals surface area contributed by atoms with Crippen molar-refractivity contribution in [2.45, 2.75) is 90.9 Å². The minimum absolute atomic E-state index is 0.192. The number of hydrogen-bond donors (Lipinski definition) is 1. The van der Waals surface area contributed by atoms with Crippen molar-refractivity contribution in [2.75, 3.05) is 13.2 Å². The molecule has 0 spiro atoms. The number of ether oxygens (including phenoxy) is 1. The van der Waals surface area contributed by atoms with Gasteiger partial charge in [-0.3, -0.25) is 4.79 Å². The lowest BCUT2D eigenvalue weighted by molar-refractivity contribution is -0.118. The highest BCUT2D eigenvalue weighted by molar-refractivity contribution is 5.73. The van der Waals surface area contributed by atoms with E-state index in [4.69, 9.17) is 10.5 Å². The third-order valence-electron chi connectivity index (χ3n) is 4.00. The first-order chi connectivity index (χ1) is 10.2. The van der Waals surface area contributed by atoms with Crippen molar-refractivity contribution in [3.8, 4) is 0 Å². The van der Waals surface area contributed by atoms with Crippen molar-refractivity contribution in [1.82, 2.24) is 0 Å². The molecule has 3 heteroatoms. The first-order valence-corrected chi connectivity index (χ1v) is 9.06. The average molecular weight is 299 g/mol. The SMILES string of the molecule is CCCCCCC(CCCC)COCCCCCC(N)=O. The number of hydrogen-bond acceptors (Lipinski definition) is 2. The summed E-state index contributed by atoms with van der Waals surface area (Å²) < 4.78 is 5.84. The molecule has 0 bridgehead atoms. The molecule has 1 atom stereocenters. The van der Waals surface area contributed by atoms with Gasteiger partial charge in [-0.1, -0.05) is 58.8 Å². The van der Waals surface area contributed by atoms with E-state index in [1.54, 1.807) is 0 Å². The Kier molecular flexibility index (Phi) is 15.4. The summed E-state index contributed by atoms with van der Waals surface area (Å²) in [6.45, 7) is 6.27. The summed E-state index contributed by atoms with van der Waals surface area (Å²) in [5, 5.41) is 0. The third-order valence-corrected chi connectivity index (χ3v) is 4.00. The highest BCUT2D eigenvalue weighted by Crippen LogP contribution is 2.18. The molecule has 0 fully saturated rings. The van der Waals surface area contributed by atoms with E-state index < -0.39 is 0 Å². The Hall–Kier alpha value is -0.570. The van der Waals surface area contributed by atoms with E-state index in [1.165, 1.54) is 51.4 Å². The van der Waals surface area contributed by atoms with Gasteiger partial charge in [0.2, 0.25) is 5.91 Å². The van der Waals surface area contributed by atoms with E-state index in [1.807, 2.05) is 0 Å². The molecular weight excluding hydrogens is 262 g/mol. The monoisotopic (exact) mass is 299 g/mol. The fraction of sp³-hybridized carbons (Fsp3) is 0.944. The summed E-state index contributed by atoms with van der Waals surface area (Å²) in [4.78, 5) is 10.6. The fourth-order valence-electron chi connectivity index (χ4n) is 2.59. The van der Waals surface area contributed by atoms with Crippen molar-refractivity contribution in [3.63, 3.8) is 0 Å². The highest BCUT2D eigenvalue weighted by Gasteiger charge is 2.08. The van der Waals surface area contributed by atoms with Gasteiger partial charge in [-0.2, -0.15) is 0 Å². The minimum Gasteiger partial charge on any atom is -0.381 e. The Morgan fingerprint density at radius 3 is 2.24 bits per heavy atom. The van der Waals surface area contributed by atoms with E-state index in [2.05, 4.69) is 13.8 Å². The van der Waals surface area contributed by atoms with Crippen LogP contribution in [0.25, 0.3) is 0 Å². The summed E-state index contributed by atoms with van der Waals surface area (Å²) in [5.74, 6) is 0.551. The number of rotatable bonds is 16. The molecular formula is C18H37NO2. The second-order valence-corrected chi connectivity index (χ2v) is 6.21. The Morgan fingerprint density at radius 2 is 1.57 bits per heavy atom. The lowest BCUT2D eigenvalue weighted by Gasteiger charge is -2.17. The maximum atomic E-state index is 10.6. The summed E-state index contributed by atoms with van der Waals surface area (Å²) in [5.41, 5.74) is 5.12. The highest BCUT2D eigenvalue weighted by atomic mass is 16.5. The van der Waals surface area contributed by atoms with Crippen molar-refractivity contribution in [3.05, 3.63) is 0 Å². The van der Waals surface area contributed by atoms with Gasteiger partial charge >= 0.3 is 0 Å². The van der Waals surface area contributed by atoms with Crippen LogP contribution in [0.1, 0.15) is 90.9 Å². The van der Waals surface area contributed by atoms with E-state index >= 15 is 0 Å². The molecule has 0 aromatic rings. The van der Waals surface area contributed by atoms with E-state index in [9.17, 15) is 4.79 Å². The largest absolute Gasteiger partial charge is 0.381 e. The first-order valence-electron chi connectivity index (χ1n) is 9.06. The number of unbranched alkanes of at least 4 members (excludes halogenated alkanes) is 6. The molecule has 0 radical (unpaired) electrons. The Bertz CT molecular complexity index is 231. The average Bonchev–Trinajstić information content (AvgIpc) is 2.46. The molecule has 0 saturated heterocycles. The second kappa shape index (κ2) is 15.8. The van der Waals surface area contributed by atoms with Gasteiger partial charge in [-0.25, -0.2) is 0 Å². The van der Waals surface area contributed by atoms with Crippen LogP contribution < -0.4 is 5.73 Å². The number of primary amides is 1. The van der Waals surface area contributed by atoms with Gasteiger partial charge in [0.25, 0.3) is 0 Å². The van der Waals surface area contributed by atoms with Crippen LogP contribution in [0.15, 0.2) is 0 Å². The number of carbonyl (C=O) groups excluding carboxylic acids is 1. The van der Waals surface area contributed by atoms with Gasteiger partial charge in [0.15, 0.2) is 0 Å². The lowest BCUT2D eigenvalue weighted by atomic mass is 9.96. The molecule has 1 amide bonds. The van der Waals surface area contributed by atoms with Gasteiger partial charge in [0.1, 0.15) is 0 Å². The summed E-state index contributed by atoms with van der Waals surface area (Å²) in [6.07, 6.45) is 14.1. The molecule has 0 heterocycles. The molecule has 3 nitrogen and oxygen atoms in total. The zero-order valence-electron chi connectivity index (χ0n) is 14.4. The summed E-state index contributed by atoms with van der Waals surface area (Å²) in [6, 6.07) is 0. The maximum absolute atomic E-state index is 10.6. The molecule has 1 unspecified atom stereocenters. The molecule has 0 aliphatic rings. The zero-order valence-corrected chi connectivity index (χ0v) is 14.4. The predicted octanol–water partition coefficient (Wildman–Crippen LogP) is 4.83. The predicted molar refractivity (Wildman–Crippen MR) is 90.3 cm³/mol. The van der Waals surface area contributed by atoms with Gasteiger partial charge in [-0.15, -0.1) is 0 Å².